The number of nitrogens with zero attached hydrogens (tertiary/aromatic N) is 1. The summed E-state index contributed by atoms with van der Waals surface area (Å²) in [6.45, 7) is 7.53. The Labute approximate surface area is 86.6 Å². The lowest BCUT2D eigenvalue weighted by atomic mass is 10.1. The van der Waals surface area contributed by atoms with Gasteiger partial charge < -0.3 is 10.5 Å². The number of likely N-dealkylation sites (tertiary alicyclic amines) is 1. The first-order valence-electron chi connectivity index (χ1n) is 5.81. The van der Waals surface area contributed by atoms with E-state index in [1.54, 1.807) is 0 Å². The van der Waals surface area contributed by atoms with Gasteiger partial charge in [-0.05, 0) is 38.1 Å². The van der Waals surface area contributed by atoms with Crippen LogP contribution in [-0.2, 0) is 4.74 Å². The predicted molar refractivity (Wildman–Crippen MR) is 57.1 cm³/mol. The molecule has 3 unspecified atom stereocenters. The van der Waals surface area contributed by atoms with Crippen molar-refractivity contribution in [2.75, 3.05) is 32.8 Å². The van der Waals surface area contributed by atoms with Crippen molar-refractivity contribution in [2.24, 2.45) is 17.6 Å². The van der Waals surface area contributed by atoms with Gasteiger partial charge in [-0.25, -0.2) is 0 Å². The molecule has 0 saturated carbocycles. The van der Waals surface area contributed by atoms with E-state index in [9.17, 15) is 0 Å². The van der Waals surface area contributed by atoms with E-state index in [1.165, 1.54) is 25.9 Å². The quantitative estimate of drug-likeness (QED) is 0.725. The van der Waals surface area contributed by atoms with Gasteiger partial charge >= 0.3 is 0 Å². The molecule has 3 atom stereocenters. The summed E-state index contributed by atoms with van der Waals surface area (Å²) in [4.78, 5) is 2.59. The van der Waals surface area contributed by atoms with E-state index < -0.39 is 0 Å². The molecule has 82 valence electrons. The van der Waals surface area contributed by atoms with E-state index in [-0.39, 0.29) is 0 Å². The molecule has 2 fully saturated rings. The fourth-order valence-electron chi connectivity index (χ4n) is 2.70. The molecule has 0 spiro atoms. The Morgan fingerprint density at radius 2 is 2.29 bits per heavy atom. The van der Waals surface area contributed by atoms with Crippen LogP contribution >= 0.6 is 0 Å². The first-order chi connectivity index (χ1) is 6.79. The van der Waals surface area contributed by atoms with Gasteiger partial charge in [0.15, 0.2) is 0 Å². The average molecular weight is 198 g/mol. The van der Waals surface area contributed by atoms with Gasteiger partial charge in [0, 0.05) is 25.7 Å². The van der Waals surface area contributed by atoms with Crippen molar-refractivity contribution >= 4 is 0 Å². The summed E-state index contributed by atoms with van der Waals surface area (Å²) in [6.07, 6.45) is 2.53. The molecule has 0 amide bonds. The monoisotopic (exact) mass is 198 g/mol. The Kier molecular flexibility index (Phi) is 3.42. The standard InChI is InChI=1S/C11H22N2O/c1-9-4-11(5-12)7-13(9)6-10-2-3-14-8-10/h9-11H,2-8,12H2,1H3. The summed E-state index contributed by atoms with van der Waals surface area (Å²) in [6, 6.07) is 0.726. The summed E-state index contributed by atoms with van der Waals surface area (Å²) >= 11 is 0. The Morgan fingerprint density at radius 3 is 2.86 bits per heavy atom. The van der Waals surface area contributed by atoms with E-state index in [0.717, 1.165) is 37.6 Å². The molecule has 0 aromatic rings. The van der Waals surface area contributed by atoms with Gasteiger partial charge in [0.2, 0.25) is 0 Å². The first kappa shape index (κ1) is 10.4. The molecular weight excluding hydrogens is 176 g/mol. The molecule has 2 rings (SSSR count). The lowest BCUT2D eigenvalue weighted by molar-refractivity contribution is 0.164. The topological polar surface area (TPSA) is 38.5 Å². The van der Waals surface area contributed by atoms with Crippen LogP contribution in [0.25, 0.3) is 0 Å². The maximum atomic E-state index is 5.72. The summed E-state index contributed by atoms with van der Waals surface area (Å²) in [5.41, 5.74) is 5.72. The van der Waals surface area contributed by atoms with Gasteiger partial charge in [0.1, 0.15) is 0 Å². The van der Waals surface area contributed by atoms with Crippen molar-refractivity contribution in [3.8, 4) is 0 Å². The van der Waals surface area contributed by atoms with Crippen molar-refractivity contribution in [1.82, 2.24) is 4.90 Å². The number of hydrogen-bond donors (Lipinski definition) is 1. The molecule has 0 aromatic carbocycles. The smallest absolute Gasteiger partial charge is 0.0507 e. The zero-order chi connectivity index (χ0) is 9.97. The predicted octanol–water partition coefficient (Wildman–Crippen LogP) is 0.692. The van der Waals surface area contributed by atoms with Crippen LogP contribution in [-0.4, -0.2) is 43.8 Å². The SMILES string of the molecule is CC1CC(CN)CN1CC1CCOC1. The minimum Gasteiger partial charge on any atom is -0.381 e. The Morgan fingerprint density at radius 1 is 1.43 bits per heavy atom. The molecular formula is C11H22N2O. The third kappa shape index (κ3) is 2.27. The number of ether oxygens (including phenoxy) is 1. The second-order valence-electron chi connectivity index (χ2n) is 4.87. The maximum Gasteiger partial charge on any atom is 0.0507 e. The van der Waals surface area contributed by atoms with Gasteiger partial charge in [0.25, 0.3) is 0 Å². The average Bonchev–Trinajstić information content (AvgIpc) is 2.78. The zero-order valence-corrected chi connectivity index (χ0v) is 9.11. The van der Waals surface area contributed by atoms with Crippen LogP contribution in [0.1, 0.15) is 19.8 Å². The van der Waals surface area contributed by atoms with Crippen LogP contribution in [0.2, 0.25) is 0 Å². The molecule has 2 saturated heterocycles. The molecule has 0 radical (unpaired) electrons. The van der Waals surface area contributed by atoms with Crippen LogP contribution in [0.15, 0.2) is 0 Å². The Balaban J connectivity index is 1.79. The van der Waals surface area contributed by atoms with Crippen LogP contribution < -0.4 is 5.73 Å². The van der Waals surface area contributed by atoms with Gasteiger partial charge in [-0.15, -0.1) is 0 Å². The minimum atomic E-state index is 0.726. The van der Waals surface area contributed by atoms with E-state index >= 15 is 0 Å². The highest BCUT2D eigenvalue weighted by Gasteiger charge is 2.30. The Bertz CT molecular complexity index is 180. The third-order valence-electron chi connectivity index (χ3n) is 3.64. The van der Waals surface area contributed by atoms with E-state index in [1.807, 2.05) is 0 Å². The summed E-state index contributed by atoms with van der Waals surface area (Å²) in [5.74, 6) is 1.50. The molecule has 0 aliphatic carbocycles. The lowest BCUT2D eigenvalue weighted by Crippen LogP contribution is -2.33. The second-order valence-corrected chi connectivity index (χ2v) is 4.87. The Hall–Kier alpha value is -0.120. The van der Waals surface area contributed by atoms with Crippen LogP contribution in [0.5, 0.6) is 0 Å². The van der Waals surface area contributed by atoms with Crippen LogP contribution in [0.4, 0.5) is 0 Å². The zero-order valence-electron chi connectivity index (χ0n) is 9.11. The van der Waals surface area contributed by atoms with E-state index in [0.29, 0.717) is 0 Å². The van der Waals surface area contributed by atoms with Gasteiger partial charge in [-0.1, -0.05) is 0 Å². The molecule has 2 aliphatic heterocycles. The lowest BCUT2D eigenvalue weighted by Gasteiger charge is -2.23. The highest BCUT2D eigenvalue weighted by atomic mass is 16.5. The number of hydrogen-bond acceptors (Lipinski definition) is 3. The molecule has 0 aromatic heterocycles. The molecule has 3 heteroatoms. The van der Waals surface area contributed by atoms with E-state index in [4.69, 9.17) is 10.5 Å². The third-order valence-corrected chi connectivity index (χ3v) is 3.64. The maximum absolute atomic E-state index is 5.72. The summed E-state index contributed by atoms with van der Waals surface area (Å²) < 4.78 is 5.40. The molecule has 3 nitrogen and oxygen atoms in total. The molecule has 0 bridgehead atoms. The van der Waals surface area contributed by atoms with Crippen molar-refractivity contribution in [3.63, 3.8) is 0 Å². The van der Waals surface area contributed by atoms with Crippen molar-refractivity contribution in [3.05, 3.63) is 0 Å². The fraction of sp³-hybridized carbons (Fsp3) is 1.00. The number of rotatable bonds is 3. The molecule has 2 heterocycles. The minimum absolute atomic E-state index is 0.726. The highest BCUT2D eigenvalue weighted by Crippen LogP contribution is 2.25. The molecule has 14 heavy (non-hydrogen) atoms. The summed E-state index contributed by atoms with van der Waals surface area (Å²) in [5, 5.41) is 0. The fourth-order valence-corrected chi connectivity index (χ4v) is 2.70. The van der Waals surface area contributed by atoms with Gasteiger partial charge in [-0.3, -0.25) is 4.90 Å². The van der Waals surface area contributed by atoms with Crippen molar-refractivity contribution in [2.45, 2.75) is 25.8 Å². The highest BCUT2D eigenvalue weighted by molar-refractivity contribution is 4.84. The number of nitrogens with two attached hydrogens (primary N) is 1. The molecule has 2 N–H and O–H groups in total. The van der Waals surface area contributed by atoms with Gasteiger partial charge in [0.05, 0.1) is 6.61 Å². The van der Waals surface area contributed by atoms with E-state index in [2.05, 4.69) is 11.8 Å². The summed E-state index contributed by atoms with van der Waals surface area (Å²) in [7, 11) is 0. The first-order valence-corrected chi connectivity index (χ1v) is 5.81. The van der Waals surface area contributed by atoms with Crippen LogP contribution in [0, 0.1) is 11.8 Å². The van der Waals surface area contributed by atoms with Crippen molar-refractivity contribution in [1.29, 1.82) is 0 Å². The van der Waals surface area contributed by atoms with Crippen LogP contribution in [0.3, 0.4) is 0 Å². The van der Waals surface area contributed by atoms with Crippen molar-refractivity contribution < 1.29 is 4.74 Å². The normalized spacial score (nSPS) is 39.4. The molecule has 2 aliphatic rings. The second kappa shape index (κ2) is 4.60. The largest absolute Gasteiger partial charge is 0.381 e. The van der Waals surface area contributed by atoms with Gasteiger partial charge in [-0.2, -0.15) is 0 Å².